The number of Topliss-reactive ketones (excluding diaryl/α,β-unsaturated/α-hetero) is 2. The lowest BCUT2D eigenvalue weighted by molar-refractivity contribution is -0.125. The number of ketones is 2. The van der Waals surface area contributed by atoms with E-state index < -0.39 is 5.41 Å². The summed E-state index contributed by atoms with van der Waals surface area (Å²) >= 11 is 0. The van der Waals surface area contributed by atoms with Crippen LogP contribution in [0.1, 0.15) is 126 Å². The number of hydrogen-bond acceptors (Lipinski definition) is 3. The minimum Gasteiger partial charge on any atom is -0.352 e. The zero-order chi connectivity index (χ0) is 25.1. The quantitative estimate of drug-likeness (QED) is 0.322. The Morgan fingerprint density at radius 1 is 0.781 bits per heavy atom. The fourth-order valence-electron chi connectivity index (χ4n) is 3.39. The van der Waals surface area contributed by atoms with E-state index in [1.54, 1.807) is 0 Å². The zero-order valence-corrected chi connectivity index (χ0v) is 22.3. The first-order valence-corrected chi connectivity index (χ1v) is 12.1. The Hall–Kier alpha value is -1.97. The maximum Gasteiger partial charge on any atom is 0.251 e. The molecule has 0 fully saturated rings. The maximum atomic E-state index is 12.6. The number of nitrogens with one attached hydrogen (secondary N) is 1. The van der Waals surface area contributed by atoms with Gasteiger partial charge in [-0.05, 0) is 43.5 Å². The fraction of sp³-hybridized carbons (Fsp3) is 0.679. The highest BCUT2D eigenvalue weighted by atomic mass is 16.1. The largest absolute Gasteiger partial charge is 0.352 e. The molecule has 0 aliphatic rings. The van der Waals surface area contributed by atoms with Gasteiger partial charge < -0.3 is 5.32 Å². The molecule has 1 amide bonds. The summed E-state index contributed by atoms with van der Waals surface area (Å²) in [4.78, 5) is 35.7. The van der Waals surface area contributed by atoms with E-state index in [-0.39, 0.29) is 17.1 Å². The number of aryl methyl sites for hydroxylation is 2. The molecule has 1 aromatic rings. The SMILES string of the molecule is CCC(=O)C(C)(C)C.CCCCCCCNC(=O)c1cc(C)c(C(=O)C(C)(C)C)c(C)c1. The van der Waals surface area contributed by atoms with Gasteiger partial charge in [-0.2, -0.15) is 0 Å². The van der Waals surface area contributed by atoms with Crippen LogP contribution in [0, 0.1) is 24.7 Å². The normalized spacial score (nSPS) is 11.4. The number of unbranched alkanes of at least 4 members (excludes halogenated alkanes) is 4. The Morgan fingerprint density at radius 2 is 1.28 bits per heavy atom. The van der Waals surface area contributed by atoms with Crippen molar-refractivity contribution in [1.29, 1.82) is 0 Å². The molecule has 0 saturated carbocycles. The summed E-state index contributed by atoms with van der Waals surface area (Å²) in [6, 6.07) is 3.66. The van der Waals surface area contributed by atoms with Crippen LogP contribution in [0.25, 0.3) is 0 Å². The van der Waals surface area contributed by atoms with Gasteiger partial charge in [0.15, 0.2) is 5.78 Å². The van der Waals surface area contributed by atoms with Crippen LogP contribution in [-0.2, 0) is 4.79 Å². The summed E-state index contributed by atoms with van der Waals surface area (Å²) in [6.45, 7) is 20.2. The highest BCUT2D eigenvalue weighted by Crippen LogP contribution is 2.26. The minimum atomic E-state index is -0.419. The summed E-state index contributed by atoms with van der Waals surface area (Å²) in [7, 11) is 0. The van der Waals surface area contributed by atoms with Crippen LogP contribution in [0.2, 0.25) is 0 Å². The summed E-state index contributed by atoms with van der Waals surface area (Å²) in [5.41, 5.74) is 2.60. The standard InChI is InChI=1S/C21H33NO2.C7H14O/c1-7-8-9-10-11-12-22-20(24)17-13-15(2)18(16(3)14-17)19(23)21(4,5)6;1-5-6(8)7(2,3)4/h13-14H,7-12H2,1-6H3,(H,22,24);5H2,1-4H3. The van der Waals surface area contributed by atoms with E-state index in [1.807, 2.05) is 74.4 Å². The molecule has 1 rings (SSSR count). The summed E-state index contributed by atoms with van der Waals surface area (Å²) in [5.74, 6) is 0.407. The first kappa shape index (κ1) is 30.0. The predicted molar refractivity (Wildman–Crippen MR) is 136 cm³/mol. The van der Waals surface area contributed by atoms with Gasteiger partial charge in [0, 0.05) is 34.9 Å². The van der Waals surface area contributed by atoms with Gasteiger partial charge >= 0.3 is 0 Å². The molecule has 182 valence electrons. The van der Waals surface area contributed by atoms with Crippen molar-refractivity contribution in [2.24, 2.45) is 10.8 Å². The van der Waals surface area contributed by atoms with Crippen LogP contribution in [0.5, 0.6) is 0 Å². The predicted octanol–water partition coefficient (Wildman–Crippen LogP) is 7.24. The second-order valence-electron chi connectivity index (χ2n) is 10.8. The van der Waals surface area contributed by atoms with Crippen LogP contribution in [-0.4, -0.2) is 24.0 Å². The van der Waals surface area contributed by atoms with Crippen molar-refractivity contribution < 1.29 is 14.4 Å². The van der Waals surface area contributed by atoms with E-state index in [0.29, 0.717) is 24.3 Å². The average Bonchev–Trinajstić information content (AvgIpc) is 2.68. The smallest absolute Gasteiger partial charge is 0.251 e. The highest BCUT2D eigenvalue weighted by molar-refractivity contribution is 6.04. The van der Waals surface area contributed by atoms with Crippen molar-refractivity contribution in [3.05, 3.63) is 34.4 Å². The number of benzene rings is 1. The number of carbonyl (C=O) groups excluding carboxylic acids is 3. The summed E-state index contributed by atoms with van der Waals surface area (Å²) in [5, 5.41) is 2.99. The monoisotopic (exact) mass is 445 g/mol. The Balaban J connectivity index is 0.00000102. The Morgan fingerprint density at radius 3 is 1.66 bits per heavy atom. The molecule has 0 aromatic heterocycles. The lowest BCUT2D eigenvalue weighted by Crippen LogP contribution is -2.26. The molecule has 1 aromatic carbocycles. The van der Waals surface area contributed by atoms with Gasteiger partial charge in [-0.3, -0.25) is 14.4 Å². The van der Waals surface area contributed by atoms with Gasteiger partial charge in [0.25, 0.3) is 5.91 Å². The maximum absolute atomic E-state index is 12.6. The van der Waals surface area contributed by atoms with E-state index in [2.05, 4.69) is 12.2 Å². The molecular formula is C28H47NO3. The first-order valence-electron chi connectivity index (χ1n) is 12.1. The summed E-state index contributed by atoms with van der Waals surface area (Å²) in [6.07, 6.45) is 6.55. The second kappa shape index (κ2) is 13.5. The molecule has 0 saturated heterocycles. The van der Waals surface area contributed by atoms with Crippen molar-refractivity contribution in [2.45, 2.75) is 108 Å². The van der Waals surface area contributed by atoms with Gasteiger partial charge in [-0.1, -0.05) is 81.1 Å². The van der Waals surface area contributed by atoms with Gasteiger partial charge in [0.2, 0.25) is 0 Å². The van der Waals surface area contributed by atoms with E-state index in [0.717, 1.165) is 29.5 Å². The molecule has 0 spiro atoms. The molecule has 4 nitrogen and oxygen atoms in total. The van der Waals surface area contributed by atoms with E-state index >= 15 is 0 Å². The molecule has 0 unspecified atom stereocenters. The fourth-order valence-corrected chi connectivity index (χ4v) is 3.39. The molecule has 0 atom stereocenters. The number of amides is 1. The molecule has 0 radical (unpaired) electrons. The molecule has 32 heavy (non-hydrogen) atoms. The molecule has 0 heterocycles. The van der Waals surface area contributed by atoms with E-state index in [4.69, 9.17) is 0 Å². The molecular weight excluding hydrogens is 398 g/mol. The highest BCUT2D eigenvalue weighted by Gasteiger charge is 2.26. The topological polar surface area (TPSA) is 63.2 Å². The number of rotatable bonds is 9. The Labute approximate surface area is 197 Å². The molecule has 0 bridgehead atoms. The van der Waals surface area contributed by atoms with Crippen molar-refractivity contribution in [2.75, 3.05) is 6.54 Å². The van der Waals surface area contributed by atoms with Crippen LogP contribution in [0.3, 0.4) is 0 Å². The van der Waals surface area contributed by atoms with Crippen molar-refractivity contribution >= 4 is 17.5 Å². The van der Waals surface area contributed by atoms with Gasteiger partial charge in [-0.25, -0.2) is 0 Å². The third-order valence-corrected chi connectivity index (χ3v) is 5.43. The van der Waals surface area contributed by atoms with Crippen molar-refractivity contribution in [3.63, 3.8) is 0 Å². The number of carbonyl (C=O) groups is 3. The van der Waals surface area contributed by atoms with Gasteiger partial charge in [0.1, 0.15) is 5.78 Å². The Bertz CT molecular complexity index is 741. The summed E-state index contributed by atoms with van der Waals surface area (Å²) < 4.78 is 0. The minimum absolute atomic E-state index is 0.0496. The number of hydrogen-bond donors (Lipinski definition) is 1. The van der Waals surface area contributed by atoms with Crippen molar-refractivity contribution in [1.82, 2.24) is 5.32 Å². The van der Waals surface area contributed by atoms with Gasteiger partial charge in [-0.15, -0.1) is 0 Å². The third kappa shape index (κ3) is 10.6. The van der Waals surface area contributed by atoms with Crippen LogP contribution in [0.4, 0.5) is 0 Å². The van der Waals surface area contributed by atoms with Crippen LogP contribution in [0.15, 0.2) is 12.1 Å². The second-order valence-corrected chi connectivity index (χ2v) is 10.8. The molecule has 0 aliphatic carbocycles. The molecule has 4 heteroatoms. The van der Waals surface area contributed by atoms with Crippen LogP contribution >= 0.6 is 0 Å². The Kier molecular flexibility index (Phi) is 12.7. The van der Waals surface area contributed by atoms with E-state index in [9.17, 15) is 14.4 Å². The lowest BCUT2D eigenvalue weighted by atomic mass is 9.82. The molecule has 0 aliphatic heterocycles. The lowest BCUT2D eigenvalue weighted by Gasteiger charge is -2.20. The molecule has 1 N–H and O–H groups in total. The average molecular weight is 446 g/mol. The first-order chi connectivity index (χ1) is 14.7. The zero-order valence-electron chi connectivity index (χ0n) is 22.3. The van der Waals surface area contributed by atoms with Gasteiger partial charge in [0.05, 0.1) is 0 Å². The van der Waals surface area contributed by atoms with Crippen LogP contribution < -0.4 is 5.32 Å². The van der Waals surface area contributed by atoms with Crippen molar-refractivity contribution in [3.8, 4) is 0 Å². The van der Waals surface area contributed by atoms with E-state index in [1.165, 1.54) is 19.3 Å². The third-order valence-electron chi connectivity index (χ3n) is 5.43.